The van der Waals surface area contributed by atoms with E-state index in [2.05, 4.69) is 15.5 Å². The van der Waals surface area contributed by atoms with Crippen LogP contribution in [0, 0.1) is 0 Å². The van der Waals surface area contributed by atoms with Crippen molar-refractivity contribution in [3.63, 3.8) is 0 Å². The van der Waals surface area contributed by atoms with Crippen LogP contribution < -0.4 is 19.5 Å². The van der Waals surface area contributed by atoms with Gasteiger partial charge in [-0.1, -0.05) is 12.8 Å². The zero-order valence-electron chi connectivity index (χ0n) is 13.0. The van der Waals surface area contributed by atoms with Gasteiger partial charge in [0, 0.05) is 17.7 Å². The molecule has 0 bridgehead atoms. The monoisotopic (exact) mass is 313 g/mol. The molecule has 1 aromatic heterocycles. The van der Waals surface area contributed by atoms with Crippen LogP contribution in [-0.4, -0.2) is 30.1 Å². The molecule has 1 saturated carbocycles. The second-order valence-electron chi connectivity index (χ2n) is 5.84. The van der Waals surface area contributed by atoms with E-state index in [4.69, 9.17) is 14.2 Å². The van der Waals surface area contributed by atoms with Crippen LogP contribution in [0.2, 0.25) is 0 Å². The molecule has 1 fully saturated rings. The molecule has 2 aliphatic rings. The lowest BCUT2D eigenvalue weighted by atomic mass is 10.1. The van der Waals surface area contributed by atoms with Gasteiger partial charge in [-0.15, -0.1) is 10.2 Å². The first-order chi connectivity index (χ1) is 11.3. The Morgan fingerprint density at radius 1 is 1.09 bits per heavy atom. The Hall–Kier alpha value is -2.50. The van der Waals surface area contributed by atoms with Gasteiger partial charge in [-0.2, -0.15) is 0 Å². The summed E-state index contributed by atoms with van der Waals surface area (Å²) in [6.07, 6.45) is 4.99. The van der Waals surface area contributed by atoms with E-state index in [9.17, 15) is 0 Å². The topological polar surface area (TPSA) is 65.5 Å². The number of aromatic nitrogens is 2. The van der Waals surface area contributed by atoms with Gasteiger partial charge in [0.1, 0.15) is 11.6 Å². The van der Waals surface area contributed by atoms with Crippen molar-refractivity contribution in [1.82, 2.24) is 10.2 Å². The first kappa shape index (κ1) is 14.1. The highest BCUT2D eigenvalue weighted by Gasteiger charge is 2.20. The molecular formula is C17H19N3O3. The second-order valence-corrected chi connectivity index (χ2v) is 5.84. The molecule has 23 heavy (non-hydrogen) atoms. The average molecular weight is 313 g/mol. The molecule has 120 valence electrons. The van der Waals surface area contributed by atoms with E-state index in [1.807, 2.05) is 24.3 Å². The minimum absolute atomic E-state index is 0.234. The Labute approximate surface area is 134 Å². The summed E-state index contributed by atoms with van der Waals surface area (Å²) < 4.78 is 16.3. The van der Waals surface area contributed by atoms with E-state index < -0.39 is 0 Å². The molecule has 0 radical (unpaired) electrons. The van der Waals surface area contributed by atoms with E-state index >= 15 is 0 Å². The van der Waals surface area contributed by atoms with Crippen LogP contribution in [0.3, 0.4) is 0 Å². The van der Waals surface area contributed by atoms with Gasteiger partial charge in [-0.05, 0) is 31.0 Å². The molecule has 1 aliphatic carbocycles. The summed E-state index contributed by atoms with van der Waals surface area (Å²) in [6.45, 7) is 0.234. The van der Waals surface area contributed by atoms with Gasteiger partial charge in [-0.3, -0.25) is 0 Å². The van der Waals surface area contributed by atoms with Crippen molar-refractivity contribution in [3.05, 3.63) is 24.3 Å². The van der Waals surface area contributed by atoms with Crippen molar-refractivity contribution in [2.45, 2.75) is 31.7 Å². The summed E-state index contributed by atoms with van der Waals surface area (Å²) in [5.74, 6) is 2.91. The number of anilines is 1. The first-order valence-corrected chi connectivity index (χ1v) is 7.92. The lowest BCUT2D eigenvalue weighted by Gasteiger charge is -2.13. The third kappa shape index (κ3) is 2.76. The largest absolute Gasteiger partial charge is 0.496 e. The molecule has 0 saturated heterocycles. The number of hydrogen-bond acceptors (Lipinski definition) is 6. The van der Waals surface area contributed by atoms with E-state index in [1.165, 1.54) is 25.7 Å². The molecule has 0 spiro atoms. The maximum absolute atomic E-state index is 5.44. The predicted octanol–water partition coefficient (Wildman–Crippen LogP) is 3.24. The van der Waals surface area contributed by atoms with Crippen molar-refractivity contribution in [3.8, 4) is 28.5 Å². The smallest absolute Gasteiger partial charge is 0.231 e. The highest BCUT2D eigenvalue weighted by molar-refractivity contribution is 5.72. The number of fused-ring (bicyclic) bond motifs is 1. The van der Waals surface area contributed by atoms with Crippen molar-refractivity contribution in [2.75, 3.05) is 19.2 Å². The van der Waals surface area contributed by atoms with E-state index in [0.29, 0.717) is 23.3 Å². The first-order valence-electron chi connectivity index (χ1n) is 7.92. The molecule has 0 amide bonds. The highest BCUT2D eigenvalue weighted by atomic mass is 16.7. The van der Waals surface area contributed by atoms with Crippen molar-refractivity contribution in [2.24, 2.45) is 0 Å². The summed E-state index contributed by atoms with van der Waals surface area (Å²) in [7, 11) is 1.63. The number of ether oxygens (including phenoxy) is 3. The fourth-order valence-corrected chi connectivity index (χ4v) is 3.12. The molecule has 2 aromatic rings. The van der Waals surface area contributed by atoms with Crippen LogP contribution in [0.15, 0.2) is 24.3 Å². The van der Waals surface area contributed by atoms with Crippen LogP contribution in [0.5, 0.6) is 17.2 Å². The summed E-state index contributed by atoms with van der Waals surface area (Å²) in [5.41, 5.74) is 1.59. The standard InChI is InChI=1S/C17H19N3O3/c1-21-14-9-16-15(22-10-23-16)8-12(14)13-6-7-17(20-19-13)18-11-4-2-3-5-11/h6-9,11H,2-5,10H2,1H3,(H,18,20). The lowest BCUT2D eigenvalue weighted by Crippen LogP contribution is -2.15. The van der Waals surface area contributed by atoms with Gasteiger partial charge in [0.05, 0.1) is 12.8 Å². The number of rotatable bonds is 4. The van der Waals surface area contributed by atoms with E-state index in [1.54, 1.807) is 7.11 Å². The van der Waals surface area contributed by atoms with E-state index in [0.717, 1.165) is 17.1 Å². The number of hydrogen-bond donors (Lipinski definition) is 1. The third-order valence-electron chi connectivity index (χ3n) is 4.34. The van der Waals surface area contributed by atoms with Gasteiger partial charge in [0.25, 0.3) is 0 Å². The molecule has 1 N–H and O–H groups in total. The molecule has 4 rings (SSSR count). The molecular weight excluding hydrogens is 294 g/mol. The van der Waals surface area contributed by atoms with Crippen LogP contribution in [0.4, 0.5) is 5.82 Å². The predicted molar refractivity (Wildman–Crippen MR) is 86.0 cm³/mol. The summed E-state index contributed by atoms with van der Waals surface area (Å²) in [5, 5.41) is 12.1. The van der Waals surface area contributed by atoms with Gasteiger partial charge in [0.15, 0.2) is 11.5 Å². The van der Waals surface area contributed by atoms with Crippen LogP contribution in [0.25, 0.3) is 11.3 Å². The second kappa shape index (κ2) is 5.95. The zero-order chi connectivity index (χ0) is 15.6. The van der Waals surface area contributed by atoms with Crippen LogP contribution >= 0.6 is 0 Å². The van der Waals surface area contributed by atoms with Crippen LogP contribution in [0.1, 0.15) is 25.7 Å². The molecule has 1 aliphatic heterocycles. The minimum Gasteiger partial charge on any atom is -0.496 e. The van der Waals surface area contributed by atoms with Gasteiger partial charge in [-0.25, -0.2) is 0 Å². The number of nitrogens with one attached hydrogen (secondary N) is 1. The normalized spacial score (nSPS) is 16.6. The highest BCUT2D eigenvalue weighted by Crippen LogP contribution is 2.41. The summed E-state index contributed by atoms with van der Waals surface area (Å²) >= 11 is 0. The van der Waals surface area contributed by atoms with Crippen molar-refractivity contribution >= 4 is 5.82 Å². The minimum atomic E-state index is 0.234. The van der Waals surface area contributed by atoms with E-state index in [-0.39, 0.29) is 6.79 Å². The fourth-order valence-electron chi connectivity index (χ4n) is 3.12. The third-order valence-corrected chi connectivity index (χ3v) is 4.34. The Morgan fingerprint density at radius 3 is 2.57 bits per heavy atom. The Kier molecular flexibility index (Phi) is 3.65. The number of methoxy groups -OCH3 is 1. The molecule has 6 heteroatoms. The number of benzene rings is 1. The number of nitrogens with zero attached hydrogens (tertiary/aromatic N) is 2. The van der Waals surface area contributed by atoms with Crippen LogP contribution in [-0.2, 0) is 0 Å². The molecule has 6 nitrogen and oxygen atoms in total. The quantitative estimate of drug-likeness (QED) is 0.935. The summed E-state index contributed by atoms with van der Waals surface area (Å²) in [4.78, 5) is 0. The van der Waals surface area contributed by atoms with Gasteiger partial charge < -0.3 is 19.5 Å². The Bertz CT molecular complexity index is 697. The SMILES string of the molecule is COc1cc2c(cc1-c1ccc(NC3CCCC3)nn1)OCO2. The zero-order valence-corrected chi connectivity index (χ0v) is 13.0. The molecule has 0 unspecified atom stereocenters. The maximum Gasteiger partial charge on any atom is 0.231 e. The van der Waals surface area contributed by atoms with Crippen molar-refractivity contribution < 1.29 is 14.2 Å². The van der Waals surface area contributed by atoms with Crippen molar-refractivity contribution in [1.29, 1.82) is 0 Å². The molecule has 2 heterocycles. The lowest BCUT2D eigenvalue weighted by molar-refractivity contribution is 0.174. The average Bonchev–Trinajstić information content (AvgIpc) is 3.25. The van der Waals surface area contributed by atoms with Gasteiger partial charge >= 0.3 is 0 Å². The maximum atomic E-state index is 5.44. The molecule has 1 aromatic carbocycles. The Morgan fingerprint density at radius 2 is 1.87 bits per heavy atom. The fraction of sp³-hybridized carbons (Fsp3) is 0.412. The van der Waals surface area contributed by atoms with Gasteiger partial charge in [0.2, 0.25) is 6.79 Å². The Balaban J connectivity index is 1.60. The summed E-state index contributed by atoms with van der Waals surface area (Å²) in [6, 6.07) is 8.14. The molecule has 0 atom stereocenters.